The Kier molecular flexibility index (Phi) is 6.00. The minimum atomic E-state index is 0.440. The van der Waals surface area contributed by atoms with Crippen LogP contribution < -0.4 is 15.5 Å². The first-order valence-corrected chi connectivity index (χ1v) is 10.5. The Hall–Kier alpha value is -2.60. The lowest BCUT2D eigenvalue weighted by atomic mass is 9.86. The molecule has 0 bridgehead atoms. The zero-order valence-electron chi connectivity index (χ0n) is 17.6. The Morgan fingerprint density at radius 2 is 1.83 bits per heavy atom. The molecule has 0 saturated heterocycles. The zero-order chi connectivity index (χ0) is 20.2. The van der Waals surface area contributed by atoms with Gasteiger partial charge in [-0.2, -0.15) is 4.98 Å². The number of furan rings is 1. The molecule has 2 aromatic heterocycles. The molecule has 1 saturated carbocycles. The Morgan fingerprint density at radius 1 is 1.03 bits per heavy atom. The molecular weight excluding hydrogens is 362 g/mol. The minimum absolute atomic E-state index is 0.440. The number of hydrogen-bond donors (Lipinski definition) is 2. The highest BCUT2D eigenvalue weighted by Gasteiger charge is 2.22. The zero-order valence-corrected chi connectivity index (χ0v) is 17.6. The molecule has 1 aliphatic carbocycles. The molecule has 0 atom stereocenters. The maximum absolute atomic E-state index is 5.62. The molecule has 3 aromatic rings. The van der Waals surface area contributed by atoms with Crippen molar-refractivity contribution in [1.82, 2.24) is 15.3 Å². The van der Waals surface area contributed by atoms with Gasteiger partial charge in [0.15, 0.2) is 0 Å². The normalized spacial score (nSPS) is 19.4. The first-order valence-electron chi connectivity index (χ1n) is 10.5. The number of nitrogens with one attached hydrogen (secondary N) is 2. The van der Waals surface area contributed by atoms with Gasteiger partial charge in [-0.25, -0.2) is 4.98 Å². The van der Waals surface area contributed by atoms with Crippen LogP contribution in [0.1, 0.15) is 37.2 Å². The monoisotopic (exact) mass is 393 g/mol. The molecule has 1 aromatic carbocycles. The van der Waals surface area contributed by atoms with E-state index in [4.69, 9.17) is 14.4 Å². The van der Waals surface area contributed by atoms with Crippen LogP contribution in [0.3, 0.4) is 0 Å². The molecule has 2 N–H and O–H groups in total. The van der Waals surface area contributed by atoms with E-state index in [0.717, 1.165) is 66.0 Å². The summed E-state index contributed by atoms with van der Waals surface area (Å²) in [4.78, 5) is 11.6. The summed E-state index contributed by atoms with van der Waals surface area (Å²) in [5.41, 5.74) is 0.986. The second-order valence-corrected chi connectivity index (χ2v) is 8.29. The van der Waals surface area contributed by atoms with Gasteiger partial charge in [0.2, 0.25) is 5.95 Å². The van der Waals surface area contributed by atoms with Crippen LogP contribution in [-0.2, 0) is 6.54 Å². The quantitative estimate of drug-likeness (QED) is 0.622. The van der Waals surface area contributed by atoms with Crippen LogP contribution in [0.25, 0.3) is 10.9 Å². The molecule has 2 heterocycles. The van der Waals surface area contributed by atoms with Crippen molar-refractivity contribution in [3.63, 3.8) is 0 Å². The van der Waals surface area contributed by atoms with Gasteiger partial charge in [0.05, 0.1) is 12.1 Å². The van der Waals surface area contributed by atoms with Crippen LogP contribution in [0.15, 0.2) is 40.8 Å². The molecule has 1 aliphatic rings. The van der Waals surface area contributed by atoms with Crippen molar-refractivity contribution in [2.45, 2.75) is 45.2 Å². The molecule has 4 rings (SSSR count). The smallest absolute Gasteiger partial charge is 0.225 e. The van der Waals surface area contributed by atoms with Gasteiger partial charge in [0.25, 0.3) is 0 Å². The van der Waals surface area contributed by atoms with Gasteiger partial charge in [0.1, 0.15) is 17.3 Å². The molecule has 0 unspecified atom stereocenters. The first-order chi connectivity index (χ1) is 14.1. The van der Waals surface area contributed by atoms with E-state index in [2.05, 4.69) is 33.7 Å². The molecule has 1 fully saturated rings. The second-order valence-electron chi connectivity index (χ2n) is 8.29. The van der Waals surface area contributed by atoms with Crippen molar-refractivity contribution in [3.05, 3.63) is 47.9 Å². The highest BCUT2D eigenvalue weighted by Crippen LogP contribution is 2.28. The predicted molar refractivity (Wildman–Crippen MR) is 118 cm³/mol. The molecule has 0 aliphatic heterocycles. The Morgan fingerprint density at radius 3 is 2.55 bits per heavy atom. The molecule has 6 nitrogen and oxygen atoms in total. The Bertz CT molecular complexity index is 943. The molecule has 0 amide bonds. The fraction of sp³-hybridized carbons (Fsp3) is 0.478. The fourth-order valence-electron chi connectivity index (χ4n) is 4.14. The van der Waals surface area contributed by atoms with Gasteiger partial charge in [-0.1, -0.05) is 12.1 Å². The summed E-state index contributed by atoms with van der Waals surface area (Å²) >= 11 is 0. The van der Waals surface area contributed by atoms with Crippen molar-refractivity contribution in [2.24, 2.45) is 5.92 Å². The molecule has 0 radical (unpaired) electrons. The number of hydrogen-bond acceptors (Lipinski definition) is 6. The van der Waals surface area contributed by atoms with Crippen LogP contribution in [0.5, 0.6) is 0 Å². The second kappa shape index (κ2) is 8.82. The maximum atomic E-state index is 5.62. The van der Waals surface area contributed by atoms with E-state index in [1.54, 1.807) is 0 Å². The highest BCUT2D eigenvalue weighted by molar-refractivity contribution is 5.90. The van der Waals surface area contributed by atoms with Crippen molar-refractivity contribution >= 4 is 22.7 Å². The third-order valence-electron chi connectivity index (χ3n) is 5.71. The van der Waals surface area contributed by atoms with Crippen LogP contribution in [0.2, 0.25) is 0 Å². The summed E-state index contributed by atoms with van der Waals surface area (Å²) in [7, 11) is 4.06. The van der Waals surface area contributed by atoms with E-state index >= 15 is 0 Å². The highest BCUT2D eigenvalue weighted by atomic mass is 16.3. The maximum Gasteiger partial charge on any atom is 0.225 e. The fourth-order valence-corrected chi connectivity index (χ4v) is 4.14. The topological polar surface area (TPSA) is 66.2 Å². The summed E-state index contributed by atoms with van der Waals surface area (Å²) in [6.45, 7) is 3.84. The standard InChI is InChI=1S/C23H31N5O/c1-16-8-13-19(29-16)15-24-14-17-9-11-18(12-10-17)25-23-26-21-7-5-4-6-20(21)22(27-23)28(2)3/h4-8,13,17-18,24H,9-12,14-15H2,1-3H3,(H,25,26,27)/t17-,18+. The first kappa shape index (κ1) is 19.7. The molecular formula is C23H31N5O. The van der Waals surface area contributed by atoms with E-state index in [1.807, 2.05) is 39.2 Å². The van der Waals surface area contributed by atoms with E-state index < -0.39 is 0 Å². The lowest BCUT2D eigenvalue weighted by Gasteiger charge is -2.29. The van der Waals surface area contributed by atoms with Gasteiger partial charge >= 0.3 is 0 Å². The largest absolute Gasteiger partial charge is 0.465 e. The van der Waals surface area contributed by atoms with E-state index in [-0.39, 0.29) is 0 Å². The SMILES string of the molecule is Cc1ccc(CNC[C@H]2CC[C@@H](Nc3nc(N(C)C)c4ccccc4n3)CC2)o1. The number of benzene rings is 1. The number of rotatable bonds is 7. The van der Waals surface area contributed by atoms with Crippen LogP contribution in [0.4, 0.5) is 11.8 Å². The number of aryl methyl sites for hydroxylation is 1. The number of para-hydroxylation sites is 1. The van der Waals surface area contributed by atoms with E-state index in [0.29, 0.717) is 6.04 Å². The number of nitrogens with zero attached hydrogens (tertiary/aromatic N) is 3. The van der Waals surface area contributed by atoms with Crippen LogP contribution in [0, 0.1) is 12.8 Å². The molecule has 0 spiro atoms. The Balaban J connectivity index is 1.30. The van der Waals surface area contributed by atoms with Crippen molar-refractivity contribution in [1.29, 1.82) is 0 Å². The average molecular weight is 394 g/mol. The summed E-state index contributed by atoms with van der Waals surface area (Å²) in [6.07, 6.45) is 4.74. The van der Waals surface area contributed by atoms with Gasteiger partial charge < -0.3 is 20.0 Å². The van der Waals surface area contributed by atoms with Crippen molar-refractivity contribution in [3.8, 4) is 0 Å². The van der Waals surface area contributed by atoms with Crippen LogP contribution >= 0.6 is 0 Å². The Labute approximate surface area is 172 Å². The molecule has 29 heavy (non-hydrogen) atoms. The van der Waals surface area contributed by atoms with Gasteiger partial charge in [-0.05, 0) is 69.3 Å². The third-order valence-corrected chi connectivity index (χ3v) is 5.71. The van der Waals surface area contributed by atoms with Crippen molar-refractivity contribution in [2.75, 3.05) is 30.9 Å². The average Bonchev–Trinajstić information content (AvgIpc) is 3.13. The molecule has 154 valence electrons. The predicted octanol–water partition coefficient (Wildman–Crippen LogP) is 4.36. The lowest BCUT2D eigenvalue weighted by molar-refractivity contribution is 0.319. The number of fused-ring (bicyclic) bond motifs is 1. The number of anilines is 2. The summed E-state index contributed by atoms with van der Waals surface area (Å²) in [5.74, 6) is 4.41. The summed E-state index contributed by atoms with van der Waals surface area (Å²) in [6, 6.07) is 12.7. The molecule has 6 heteroatoms. The minimum Gasteiger partial charge on any atom is -0.465 e. The van der Waals surface area contributed by atoms with E-state index in [1.165, 1.54) is 12.8 Å². The van der Waals surface area contributed by atoms with Gasteiger partial charge in [-0.15, -0.1) is 0 Å². The van der Waals surface area contributed by atoms with Crippen LogP contribution in [-0.4, -0.2) is 36.6 Å². The van der Waals surface area contributed by atoms with Gasteiger partial charge in [-0.3, -0.25) is 0 Å². The van der Waals surface area contributed by atoms with E-state index in [9.17, 15) is 0 Å². The number of aromatic nitrogens is 2. The third kappa shape index (κ3) is 4.88. The van der Waals surface area contributed by atoms with Gasteiger partial charge in [0, 0.05) is 25.5 Å². The summed E-state index contributed by atoms with van der Waals surface area (Å²) in [5, 5.41) is 8.22. The lowest BCUT2D eigenvalue weighted by Crippen LogP contribution is -2.31. The summed E-state index contributed by atoms with van der Waals surface area (Å²) < 4.78 is 5.62. The van der Waals surface area contributed by atoms with Crippen molar-refractivity contribution < 1.29 is 4.42 Å².